The molecule has 3 aromatic rings. The van der Waals surface area contributed by atoms with E-state index >= 15 is 0 Å². The maximum atomic E-state index is 11.4. The van der Waals surface area contributed by atoms with E-state index in [1.54, 1.807) is 53.3 Å². The molecule has 1 atom stereocenters. The summed E-state index contributed by atoms with van der Waals surface area (Å²) in [5.41, 5.74) is 2.17. The van der Waals surface area contributed by atoms with E-state index in [1.807, 2.05) is 6.07 Å². The zero-order valence-corrected chi connectivity index (χ0v) is 15.7. The van der Waals surface area contributed by atoms with Crippen molar-refractivity contribution in [3.8, 4) is 35.1 Å². The van der Waals surface area contributed by atoms with Gasteiger partial charge in [-0.3, -0.25) is 0 Å². The Bertz CT molecular complexity index is 1060. The van der Waals surface area contributed by atoms with Gasteiger partial charge in [0, 0.05) is 17.7 Å². The topological polar surface area (TPSA) is 73.6 Å². The van der Waals surface area contributed by atoms with Gasteiger partial charge in [-0.2, -0.15) is 5.10 Å². The van der Waals surface area contributed by atoms with Gasteiger partial charge in [-0.25, -0.2) is 9.48 Å². The Hall–Kier alpha value is -3.56. The summed E-state index contributed by atoms with van der Waals surface area (Å²) in [6, 6.07) is 13.8. The van der Waals surface area contributed by atoms with Crippen molar-refractivity contribution in [1.82, 2.24) is 9.78 Å². The molecular formula is C23H20N2O4. The van der Waals surface area contributed by atoms with Crippen molar-refractivity contribution in [1.29, 1.82) is 0 Å². The molecule has 1 N–H and O–H groups in total. The number of carbonyl (C=O) groups is 1. The molecule has 0 spiro atoms. The van der Waals surface area contributed by atoms with E-state index < -0.39 is 5.97 Å². The van der Waals surface area contributed by atoms with Crippen LogP contribution in [0.1, 0.15) is 41.4 Å². The molecule has 2 aromatic carbocycles. The molecule has 2 heterocycles. The Morgan fingerprint density at radius 2 is 2.07 bits per heavy atom. The molecule has 0 bridgehead atoms. The Balaban J connectivity index is 1.73. The van der Waals surface area contributed by atoms with Crippen LogP contribution in [0.5, 0.6) is 11.5 Å². The molecule has 0 aliphatic carbocycles. The summed E-state index contributed by atoms with van der Waals surface area (Å²) in [6.45, 7) is 0.693. The van der Waals surface area contributed by atoms with Gasteiger partial charge in [-0.15, -0.1) is 6.42 Å². The number of ether oxygens (including phenoxy) is 2. The quantitative estimate of drug-likeness (QED) is 0.640. The van der Waals surface area contributed by atoms with E-state index in [9.17, 15) is 9.90 Å². The van der Waals surface area contributed by atoms with Gasteiger partial charge in [0.1, 0.15) is 17.7 Å². The molecule has 0 amide bonds. The van der Waals surface area contributed by atoms with E-state index in [0.29, 0.717) is 29.4 Å². The maximum Gasteiger partial charge on any atom is 0.335 e. The van der Waals surface area contributed by atoms with Crippen LogP contribution in [0.25, 0.3) is 11.3 Å². The Morgan fingerprint density at radius 3 is 2.76 bits per heavy atom. The van der Waals surface area contributed by atoms with Crippen molar-refractivity contribution in [2.75, 3.05) is 6.61 Å². The number of carboxylic acid groups (broad SMARTS) is 1. The van der Waals surface area contributed by atoms with Crippen molar-refractivity contribution in [3.63, 3.8) is 0 Å². The van der Waals surface area contributed by atoms with Crippen LogP contribution in [0.4, 0.5) is 0 Å². The molecule has 146 valence electrons. The van der Waals surface area contributed by atoms with Crippen molar-refractivity contribution < 1.29 is 19.4 Å². The zero-order chi connectivity index (χ0) is 20.2. The number of hydrogen-bond donors (Lipinski definition) is 1. The predicted molar refractivity (Wildman–Crippen MR) is 108 cm³/mol. The van der Waals surface area contributed by atoms with Crippen molar-refractivity contribution in [3.05, 3.63) is 65.9 Å². The predicted octanol–water partition coefficient (Wildman–Crippen LogP) is 4.72. The third-order valence-electron chi connectivity index (χ3n) is 4.78. The first-order chi connectivity index (χ1) is 14.1. The van der Waals surface area contributed by atoms with Crippen LogP contribution in [0.3, 0.4) is 0 Å². The molecule has 29 heavy (non-hydrogen) atoms. The zero-order valence-electron chi connectivity index (χ0n) is 15.7. The molecule has 1 aliphatic heterocycles. The fraction of sp³-hybridized carbons (Fsp3) is 0.217. The number of hydrogen-bond acceptors (Lipinski definition) is 4. The van der Waals surface area contributed by atoms with Gasteiger partial charge in [0.15, 0.2) is 5.75 Å². The highest BCUT2D eigenvalue weighted by molar-refractivity contribution is 5.89. The molecule has 6 heteroatoms. The lowest BCUT2D eigenvalue weighted by Gasteiger charge is -2.22. The largest absolute Gasteiger partial charge is 0.478 e. The number of benzene rings is 2. The van der Waals surface area contributed by atoms with Gasteiger partial charge in [0.25, 0.3) is 0 Å². The van der Waals surface area contributed by atoms with Gasteiger partial charge in [0.05, 0.1) is 11.8 Å². The van der Waals surface area contributed by atoms with Crippen LogP contribution < -0.4 is 4.74 Å². The monoisotopic (exact) mass is 388 g/mol. The molecule has 1 fully saturated rings. The molecule has 1 unspecified atom stereocenters. The summed E-state index contributed by atoms with van der Waals surface area (Å²) < 4.78 is 13.7. The van der Waals surface area contributed by atoms with Crippen LogP contribution in [-0.2, 0) is 4.74 Å². The van der Waals surface area contributed by atoms with Crippen LogP contribution in [0, 0.1) is 12.3 Å². The van der Waals surface area contributed by atoms with Crippen LogP contribution in [0.15, 0.2) is 54.7 Å². The number of aromatic nitrogens is 2. The Labute approximate surface area is 168 Å². The third kappa shape index (κ3) is 4.15. The summed E-state index contributed by atoms with van der Waals surface area (Å²) in [5.74, 6) is 2.72. The summed E-state index contributed by atoms with van der Waals surface area (Å²) in [6.07, 6.45) is 10.0. The fourth-order valence-electron chi connectivity index (χ4n) is 3.28. The highest BCUT2D eigenvalue weighted by atomic mass is 16.5. The first-order valence-corrected chi connectivity index (χ1v) is 9.43. The van der Waals surface area contributed by atoms with E-state index in [1.165, 1.54) is 0 Å². The van der Waals surface area contributed by atoms with Gasteiger partial charge < -0.3 is 14.6 Å². The second-order valence-electron chi connectivity index (χ2n) is 6.80. The molecular weight excluding hydrogens is 368 g/mol. The second-order valence-corrected chi connectivity index (χ2v) is 6.80. The lowest BCUT2D eigenvalue weighted by atomic mass is 10.1. The summed E-state index contributed by atoms with van der Waals surface area (Å²) in [4.78, 5) is 11.4. The third-order valence-corrected chi connectivity index (χ3v) is 4.78. The lowest BCUT2D eigenvalue weighted by molar-refractivity contribution is -0.0394. The normalized spacial score (nSPS) is 16.2. The standard InChI is InChI=1S/C23H20N2O4/c1-2-16-9-11-19(12-10-16)29-20-15-25(21-8-3-4-13-28-21)24-22(20)17-6-5-7-18(14-17)23(26)27/h1,5-7,9-12,14-15,21H,3-4,8,13H2,(H,26,27). The van der Waals surface area contributed by atoms with Crippen LogP contribution >= 0.6 is 0 Å². The molecule has 4 rings (SSSR count). The molecule has 1 saturated heterocycles. The maximum absolute atomic E-state index is 11.4. The fourth-order valence-corrected chi connectivity index (χ4v) is 3.28. The van der Waals surface area contributed by atoms with Crippen molar-refractivity contribution in [2.45, 2.75) is 25.5 Å². The SMILES string of the molecule is C#Cc1ccc(Oc2cn(C3CCCCO3)nc2-c2cccc(C(=O)O)c2)cc1. The van der Waals surface area contributed by atoms with E-state index in [2.05, 4.69) is 11.0 Å². The first-order valence-electron chi connectivity index (χ1n) is 9.43. The lowest BCUT2D eigenvalue weighted by Crippen LogP contribution is -2.18. The van der Waals surface area contributed by atoms with Gasteiger partial charge in [-0.1, -0.05) is 18.1 Å². The molecule has 6 nitrogen and oxygen atoms in total. The minimum atomic E-state index is -0.991. The average molecular weight is 388 g/mol. The molecule has 0 radical (unpaired) electrons. The molecule has 1 aromatic heterocycles. The number of terminal acetylenes is 1. The van der Waals surface area contributed by atoms with Crippen molar-refractivity contribution in [2.24, 2.45) is 0 Å². The van der Waals surface area contributed by atoms with Gasteiger partial charge >= 0.3 is 5.97 Å². The highest BCUT2D eigenvalue weighted by Crippen LogP contribution is 2.35. The van der Waals surface area contributed by atoms with Gasteiger partial charge in [0.2, 0.25) is 0 Å². The minimum Gasteiger partial charge on any atom is -0.478 e. The highest BCUT2D eigenvalue weighted by Gasteiger charge is 2.21. The summed E-state index contributed by atoms with van der Waals surface area (Å²) in [7, 11) is 0. The van der Waals surface area contributed by atoms with Crippen molar-refractivity contribution >= 4 is 5.97 Å². The Kier molecular flexibility index (Phi) is 5.32. The summed E-state index contributed by atoms with van der Waals surface area (Å²) >= 11 is 0. The minimum absolute atomic E-state index is 0.161. The molecule has 0 saturated carbocycles. The summed E-state index contributed by atoms with van der Waals surface area (Å²) in [5, 5.41) is 14.0. The van der Waals surface area contributed by atoms with Gasteiger partial charge in [-0.05, 0) is 55.7 Å². The second kappa shape index (κ2) is 8.21. The number of rotatable bonds is 5. The number of aromatic carboxylic acids is 1. The van der Waals surface area contributed by atoms with Crippen LogP contribution in [0.2, 0.25) is 0 Å². The Morgan fingerprint density at radius 1 is 1.24 bits per heavy atom. The average Bonchev–Trinajstić information content (AvgIpc) is 3.19. The first kappa shape index (κ1) is 18.8. The van der Waals surface area contributed by atoms with E-state index in [-0.39, 0.29) is 11.8 Å². The van der Waals surface area contributed by atoms with E-state index in [4.69, 9.17) is 15.9 Å². The van der Waals surface area contributed by atoms with E-state index in [0.717, 1.165) is 24.8 Å². The van der Waals surface area contributed by atoms with Crippen LogP contribution in [-0.4, -0.2) is 27.5 Å². The number of nitrogens with zero attached hydrogens (tertiary/aromatic N) is 2. The smallest absolute Gasteiger partial charge is 0.335 e. The number of carboxylic acids is 1. The molecule has 1 aliphatic rings.